The van der Waals surface area contributed by atoms with Crippen molar-refractivity contribution in [3.63, 3.8) is 0 Å². The van der Waals surface area contributed by atoms with Gasteiger partial charge in [-0.15, -0.1) is 0 Å². The minimum Gasteiger partial charge on any atom is -0.428 e. The zero-order chi connectivity index (χ0) is 22.4. The van der Waals surface area contributed by atoms with Crippen LogP contribution in [0, 0.1) is 16.7 Å². The molecule has 4 saturated carbocycles. The third-order valence-electron chi connectivity index (χ3n) is 7.89. The highest BCUT2D eigenvalue weighted by Gasteiger charge is 2.60. The molecule has 4 bridgehead atoms. The normalized spacial score (nSPS) is 33.3. The molecule has 0 aromatic heterocycles. The number of alkyl carbamates (subject to hydrolysis) is 1. The molecular formula is C26H45NO4. The molecule has 2 atom stereocenters. The van der Waals surface area contributed by atoms with E-state index in [1.165, 1.54) is 64.2 Å². The summed E-state index contributed by atoms with van der Waals surface area (Å²) >= 11 is 0. The van der Waals surface area contributed by atoms with E-state index in [-0.39, 0.29) is 18.3 Å². The number of hydrogen-bond donors (Lipinski definition) is 1. The van der Waals surface area contributed by atoms with E-state index in [9.17, 15) is 9.59 Å². The molecule has 0 saturated heterocycles. The lowest BCUT2D eigenvalue weighted by molar-refractivity contribution is -0.152. The van der Waals surface area contributed by atoms with Crippen LogP contribution in [-0.2, 0) is 14.3 Å². The molecule has 0 aliphatic heterocycles. The van der Waals surface area contributed by atoms with Crippen molar-refractivity contribution in [2.75, 3.05) is 6.79 Å². The van der Waals surface area contributed by atoms with Gasteiger partial charge >= 0.3 is 12.1 Å². The van der Waals surface area contributed by atoms with Crippen LogP contribution < -0.4 is 5.32 Å². The lowest BCUT2D eigenvalue weighted by Gasteiger charge is -2.65. The monoisotopic (exact) mass is 435 g/mol. The van der Waals surface area contributed by atoms with Crippen molar-refractivity contribution in [1.82, 2.24) is 5.32 Å². The van der Waals surface area contributed by atoms with Gasteiger partial charge in [-0.1, -0.05) is 72.1 Å². The molecule has 178 valence electrons. The number of nitrogens with one attached hydrogen (secondary N) is 1. The van der Waals surface area contributed by atoms with E-state index in [1.807, 2.05) is 0 Å². The third-order valence-corrected chi connectivity index (χ3v) is 7.89. The van der Waals surface area contributed by atoms with Crippen molar-refractivity contribution in [3.8, 4) is 0 Å². The van der Waals surface area contributed by atoms with E-state index in [2.05, 4.69) is 26.1 Å². The van der Waals surface area contributed by atoms with Gasteiger partial charge in [-0.3, -0.25) is 4.79 Å². The van der Waals surface area contributed by atoms with Crippen molar-refractivity contribution in [3.05, 3.63) is 0 Å². The summed E-state index contributed by atoms with van der Waals surface area (Å²) in [4.78, 5) is 24.3. The Morgan fingerprint density at radius 2 is 1.39 bits per heavy atom. The quantitative estimate of drug-likeness (QED) is 0.194. The van der Waals surface area contributed by atoms with Crippen LogP contribution in [0.15, 0.2) is 0 Å². The highest BCUT2D eigenvalue weighted by atomic mass is 16.7. The summed E-state index contributed by atoms with van der Waals surface area (Å²) in [5, 5.41) is 3.18. The fraction of sp³-hybridized carbons (Fsp3) is 0.923. The fourth-order valence-corrected chi connectivity index (χ4v) is 7.64. The van der Waals surface area contributed by atoms with Crippen LogP contribution in [0.2, 0.25) is 0 Å². The smallest absolute Gasteiger partial charge is 0.410 e. The van der Waals surface area contributed by atoms with Gasteiger partial charge in [0.05, 0.1) is 0 Å². The molecule has 4 aliphatic rings. The second-order valence-electron chi connectivity index (χ2n) is 11.7. The van der Waals surface area contributed by atoms with Crippen molar-refractivity contribution in [1.29, 1.82) is 0 Å². The first-order chi connectivity index (χ1) is 14.8. The minimum atomic E-state index is -0.440. The number of carbonyl (C=O) groups is 2. The lowest BCUT2D eigenvalue weighted by Crippen LogP contribution is -2.65. The third kappa shape index (κ3) is 7.12. The first-order valence-corrected chi connectivity index (χ1v) is 12.9. The van der Waals surface area contributed by atoms with E-state index in [1.54, 1.807) is 0 Å². The van der Waals surface area contributed by atoms with Crippen molar-refractivity contribution in [2.45, 2.75) is 129 Å². The Morgan fingerprint density at radius 1 is 0.806 bits per heavy atom. The molecule has 4 fully saturated rings. The molecule has 31 heavy (non-hydrogen) atoms. The van der Waals surface area contributed by atoms with Gasteiger partial charge in [0.2, 0.25) is 6.79 Å². The molecule has 1 amide bonds. The van der Waals surface area contributed by atoms with Crippen LogP contribution in [-0.4, -0.2) is 24.4 Å². The van der Waals surface area contributed by atoms with Crippen LogP contribution in [0.3, 0.4) is 0 Å². The summed E-state index contributed by atoms with van der Waals surface area (Å²) in [5.74, 6) is 0.436. The first kappa shape index (κ1) is 24.4. The zero-order valence-electron chi connectivity index (χ0n) is 20.2. The van der Waals surface area contributed by atoms with Crippen molar-refractivity contribution < 1.29 is 19.1 Å². The Balaban J connectivity index is 1.25. The van der Waals surface area contributed by atoms with Crippen molar-refractivity contribution >= 4 is 12.1 Å². The molecule has 5 heteroatoms. The molecule has 4 rings (SSSR count). The van der Waals surface area contributed by atoms with Gasteiger partial charge in [0.15, 0.2) is 0 Å². The van der Waals surface area contributed by atoms with Crippen LogP contribution in [0.5, 0.6) is 0 Å². The van der Waals surface area contributed by atoms with E-state index in [4.69, 9.17) is 9.47 Å². The standard InChI is InChI=1S/C26H45NO4/c1-4-5-6-7-8-9-10-11-12-13-22(28)30-20-31-23(29)27-26-16-21-14-24(2,18-26)17-25(3,15-21)19-26/h21H,4-20H2,1-3H3,(H,27,29). The summed E-state index contributed by atoms with van der Waals surface area (Å²) in [6.45, 7) is 6.72. The number of unbranched alkanes of at least 4 members (excludes halogenated alkanes) is 8. The average molecular weight is 436 g/mol. The number of esters is 1. The molecule has 0 aromatic rings. The second-order valence-corrected chi connectivity index (χ2v) is 11.7. The van der Waals surface area contributed by atoms with Gasteiger partial charge in [0, 0.05) is 12.0 Å². The zero-order valence-corrected chi connectivity index (χ0v) is 20.2. The Bertz CT molecular complexity index is 601. The topological polar surface area (TPSA) is 64.6 Å². The number of ether oxygens (including phenoxy) is 2. The molecule has 0 heterocycles. The van der Waals surface area contributed by atoms with Gasteiger partial charge in [-0.05, 0) is 61.7 Å². The fourth-order valence-electron chi connectivity index (χ4n) is 7.64. The molecule has 0 aromatic carbocycles. The Hall–Kier alpha value is -1.26. The Kier molecular flexibility index (Phi) is 8.31. The summed E-state index contributed by atoms with van der Waals surface area (Å²) in [5.41, 5.74) is 0.535. The number of carbonyl (C=O) groups excluding carboxylic acids is 2. The predicted molar refractivity (Wildman–Crippen MR) is 123 cm³/mol. The Labute approximate surface area is 189 Å². The van der Waals surface area contributed by atoms with Crippen LogP contribution >= 0.6 is 0 Å². The number of hydrogen-bond acceptors (Lipinski definition) is 4. The second kappa shape index (κ2) is 10.6. The largest absolute Gasteiger partial charge is 0.428 e. The predicted octanol–water partition coefficient (Wildman–Crippen LogP) is 6.88. The molecule has 4 aliphatic carbocycles. The average Bonchev–Trinajstić information content (AvgIpc) is 2.63. The van der Waals surface area contributed by atoms with Gasteiger partial charge in [-0.2, -0.15) is 0 Å². The first-order valence-electron chi connectivity index (χ1n) is 12.9. The van der Waals surface area contributed by atoms with E-state index in [0.717, 1.165) is 32.1 Å². The molecule has 1 N–H and O–H groups in total. The van der Waals surface area contributed by atoms with E-state index >= 15 is 0 Å². The number of rotatable bonds is 13. The maximum atomic E-state index is 12.4. The molecule has 0 radical (unpaired) electrons. The van der Waals surface area contributed by atoms with Crippen molar-refractivity contribution in [2.24, 2.45) is 16.7 Å². The summed E-state index contributed by atoms with van der Waals surface area (Å²) in [6.07, 6.45) is 17.9. The summed E-state index contributed by atoms with van der Waals surface area (Å²) in [7, 11) is 0. The van der Waals surface area contributed by atoms with Gasteiger partial charge in [0.25, 0.3) is 0 Å². The summed E-state index contributed by atoms with van der Waals surface area (Å²) < 4.78 is 10.3. The highest BCUT2D eigenvalue weighted by molar-refractivity contribution is 5.70. The SMILES string of the molecule is CCCCCCCCCCCC(=O)OCOC(=O)NC12CC3CC(C)(CC(C)(C3)C1)C2. The van der Waals surface area contributed by atoms with Crippen LogP contribution in [0.25, 0.3) is 0 Å². The van der Waals surface area contributed by atoms with Gasteiger partial charge in [-0.25, -0.2) is 4.79 Å². The molecule has 0 spiro atoms. The lowest BCUT2D eigenvalue weighted by atomic mass is 9.43. The molecule has 5 nitrogen and oxygen atoms in total. The molecular weight excluding hydrogens is 390 g/mol. The van der Waals surface area contributed by atoms with E-state index < -0.39 is 6.09 Å². The highest BCUT2D eigenvalue weighted by Crippen LogP contribution is 2.66. The van der Waals surface area contributed by atoms with Crippen LogP contribution in [0.1, 0.15) is 124 Å². The maximum absolute atomic E-state index is 12.4. The minimum absolute atomic E-state index is 0.138. The van der Waals surface area contributed by atoms with Gasteiger partial charge in [0.1, 0.15) is 0 Å². The molecule has 2 unspecified atom stereocenters. The van der Waals surface area contributed by atoms with Crippen LogP contribution in [0.4, 0.5) is 4.79 Å². The maximum Gasteiger partial charge on any atom is 0.410 e. The number of amides is 1. The Morgan fingerprint density at radius 3 is 1.97 bits per heavy atom. The van der Waals surface area contributed by atoms with E-state index in [0.29, 0.717) is 23.2 Å². The summed E-state index contributed by atoms with van der Waals surface area (Å²) in [6, 6.07) is 0. The van der Waals surface area contributed by atoms with Gasteiger partial charge < -0.3 is 14.8 Å².